The molecule has 0 spiro atoms. The number of anilines is 3. The van der Waals surface area contributed by atoms with Gasteiger partial charge in [0.1, 0.15) is 11.2 Å². The molecule has 0 aliphatic rings. The minimum absolute atomic E-state index is 0.928. The van der Waals surface area contributed by atoms with E-state index in [1.165, 1.54) is 67.9 Å². The number of hydrogen-bond donors (Lipinski definition) is 0. The van der Waals surface area contributed by atoms with Crippen molar-refractivity contribution in [1.82, 2.24) is 0 Å². The third kappa shape index (κ3) is 4.13. The lowest BCUT2D eigenvalue weighted by Crippen LogP contribution is -2.09. The zero-order valence-electron chi connectivity index (χ0n) is 26.8. The van der Waals surface area contributed by atoms with E-state index >= 15 is 0 Å². The van der Waals surface area contributed by atoms with E-state index in [0.29, 0.717) is 0 Å². The Balaban J connectivity index is 1.16. The fourth-order valence-corrected chi connectivity index (χ4v) is 10.1. The van der Waals surface area contributed by atoms with Crippen LogP contribution >= 0.6 is 22.7 Å². The molecule has 50 heavy (non-hydrogen) atoms. The zero-order valence-corrected chi connectivity index (χ0v) is 28.4. The van der Waals surface area contributed by atoms with Crippen LogP contribution in [0.4, 0.5) is 17.1 Å². The van der Waals surface area contributed by atoms with Gasteiger partial charge in [0.15, 0.2) is 0 Å². The van der Waals surface area contributed by atoms with Gasteiger partial charge in [-0.2, -0.15) is 0 Å². The number of fused-ring (bicyclic) bond motifs is 12. The molecule has 0 fully saturated rings. The molecule has 11 aromatic rings. The van der Waals surface area contributed by atoms with Crippen molar-refractivity contribution in [3.05, 3.63) is 164 Å². The van der Waals surface area contributed by atoms with Crippen LogP contribution in [0, 0.1) is 0 Å². The van der Waals surface area contributed by atoms with Crippen LogP contribution in [-0.4, -0.2) is 0 Å². The van der Waals surface area contributed by atoms with E-state index in [-0.39, 0.29) is 0 Å². The lowest BCUT2D eigenvalue weighted by molar-refractivity contribution is 0.673. The Morgan fingerprint density at radius 3 is 2.04 bits per heavy atom. The van der Waals surface area contributed by atoms with E-state index in [2.05, 4.69) is 169 Å². The monoisotopic (exact) mass is 673 g/mol. The summed E-state index contributed by atoms with van der Waals surface area (Å²) in [5.41, 5.74) is 7.75. The van der Waals surface area contributed by atoms with Crippen molar-refractivity contribution >= 4 is 113 Å². The van der Waals surface area contributed by atoms with Crippen molar-refractivity contribution in [3.8, 4) is 11.1 Å². The first-order valence-corrected chi connectivity index (χ1v) is 18.5. The third-order valence-electron chi connectivity index (χ3n) is 10.1. The van der Waals surface area contributed by atoms with Gasteiger partial charge in [-0.1, -0.05) is 109 Å². The van der Waals surface area contributed by atoms with Crippen molar-refractivity contribution in [3.63, 3.8) is 0 Å². The van der Waals surface area contributed by atoms with Gasteiger partial charge in [0.05, 0.1) is 10.4 Å². The van der Waals surface area contributed by atoms with Gasteiger partial charge in [-0.15, -0.1) is 22.7 Å². The molecule has 3 heterocycles. The van der Waals surface area contributed by atoms with Gasteiger partial charge in [-0.05, 0) is 71.1 Å². The van der Waals surface area contributed by atoms with Gasteiger partial charge in [0.25, 0.3) is 0 Å². The van der Waals surface area contributed by atoms with E-state index < -0.39 is 0 Å². The Morgan fingerprint density at radius 1 is 0.420 bits per heavy atom. The van der Waals surface area contributed by atoms with Gasteiger partial charge in [0.2, 0.25) is 0 Å². The Bertz CT molecular complexity index is 3090. The first kappa shape index (κ1) is 28.0. The topological polar surface area (TPSA) is 16.4 Å². The molecular formula is C46H27NOS2. The fourth-order valence-electron chi connectivity index (χ4n) is 7.76. The summed E-state index contributed by atoms with van der Waals surface area (Å²) in [6.07, 6.45) is 0. The number of furan rings is 1. The average molecular weight is 674 g/mol. The van der Waals surface area contributed by atoms with Crippen LogP contribution < -0.4 is 4.90 Å². The van der Waals surface area contributed by atoms with Crippen LogP contribution in [0.1, 0.15) is 0 Å². The first-order valence-electron chi connectivity index (χ1n) is 16.8. The molecule has 0 unspecified atom stereocenters. The van der Waals surface area contributed by atoms with Crippen molar-refractivity contribution < 1.29 is 4.42 Å². The maximum absolute atomic E-state index is 6.62. The lowest BCUT2D eigenvalue weighted by atomic mass is 10.0. The predicted octanol–water partition coefficient (Wildman–Crippen LogP) is 14.6. The van der Waals surface area contributed by atoms with Gasteiger partial charge < -0.3 is 9.32 Å². The highest BCUT2D eigenvalue weighted by molar-refractivity contribution is 7.26. The number of benzene rings is 8. The zero-order chi connectivity index (χ0) is 32.8. The Hall–Kier alpha value is -5.94. The fraction of sp³-hybridized carbons (Fsp3) is 0. The van der Waals surface area contributed by atoms with E-state index in [4.69, 9.17) is 4.42 Å². The lowest BCUT2D eigenvalue weighted by Gasteiger charge is -2.26. The minimum Gasteiger partial charge on any atom is -0.455 e. The maximum atomic E-state index is 6.62. The molecule has 2 nitrogen and oxygen atoms in total. The molecule has 234 valence electrons. The van der Waals surface area contributed by atoms with Crippen LogP contribution in [0.15, 0.2) is 168 Å². The Labute approximate surface area is 295 Å². The molecule has 0 amide bonds. The summed E-state index contributed by atoms with van der Waals surface area (Å²) in [6, 6.07) is 59.4. The van der Waals surface area contributed by atoms with E-state index in [1.54, 1.807) is 0 Å². The number of hydrogen-bond acceptors (Lipinski definition) is 4. The normalized spacial score (nSPS) is 12.0. The van der Waals surface area contributed by atoms with Gasteiger partial charge in [-0.25, -0.2) is 0 Å². The average Bonchev–Trinajstić information content (AvgIpc) is 3.87. The largest absolute Gasteiger partial charge is 0.455 e. The maximum Gasteiger partial charge on any atom is 0.143 e. The summed E-state index contributed by atoms with van der Waals surface area (Å²) in [6.45, 7) is 0. The van der Waals surface area contributed by atoms with Crippen molar-refractivity contribution in [2.75, 3.05) is 4.90 Å². The van der Waals surface area contributed by atoms with Crippen molar-refractivity contribution in [2.45, 2.75) is 0 Å². The molecule has 4 heteroatoms. The highest BCUT2D eigenvalue weighted by Crippen LogP contribution is 2.49. The molecule has 0 saturated heterocycles. The second kappa shape index (κ2) is 10.8. The summed E-state index contributed by atoms with van der Waals surface area (Å²) in [5, 5.41) is 9.82. The van der Waals surface area contributed by atoms with Crippen LogP contribution in [0.2, 0.25) is 0 Å². The summed E-state index contributed by atoms with van der Waals surface area (Å²) < 4.78 is 11.7. The number of rotatable bonds is 4. The van der Waals surface area contributed by atoms with Crippen LogP contribution in [0.25, 0.3) is 84.2 Å². The van der Waals surface area contributed by atoms with E-state index in [9.17, 15) is 0 Å². The van der Waals surface area contributed by atoms with Crippen molar-refractivity contribution in [1.29, 1.82) is 0 Å². The second-order valence-corrected chi connectivity index (χ2v) is 15.0. The van der Waals surface area contributed by atoms with E-state index in [0.717, 1.165) is 33.3 Å². The molecule has 0 aliphatic heterocycles. The smallest absolute Gasteiger partial charge is 0.143 e. The molecule has 0 N–H and O–H groups in total. The third-order valence-corrected chi connectivity index (χ3v) is 12.4. The molecular weight excluding hydrogens is 647 g/mol. The number of thiophene rings is 2. The summed E-state index contributed by atoms with van der Waals surface area (Å²) in [7, 11) is 0. The molecule has 0 bridgehead atoms. The van der Waals surface area contributed by atoms with Crippen LogP contribution in [-0.2, 0) is 0 Å². The van der Waals surface area contributed by atoms with Crippen LogP contribution in [0.3, 0.4) is 0 Å². The van der Waals surface area contributed by atoms with Gasteiger partial charge in [-0.3, -0.25) is 0 Å². The number of nitrogens with zero attached hydrogens (tertiary/aromatic N) is 1. The minimum atomic E-state index is 0.928. The standard InChI is InChI=1S/C46H27NOS2/c1-2-9-28(10-3-1)29-17-20-31(21-18-29)47(32-22-24-35-34-13-6-7-16-40(34)49-42(35)27-32)38-15-8-14-37-44-41(50-46(37)38)26-25-39-43(44)36-23-19-30-11-4-5-12-33(30)45(36)48-39/h1-27H. The molecule has 0 aliphatic carbocycles. The SMILES string of the molecule is c1ccc(-c2ccc(N(c3ccc4c(c3)sc3ccccc34)c3cccc4c3sc3ccc5oc6c7ccccc7ccc6c5c34)cc2)cc1. The molecule has 0 atom stereocenters. The Morgan fingerprint density at radius 2 is 1.14 bits per heavy atom. The van der Waals surface area contributed by atoms with Gasteiger partial charge >= 0.3 is 0 Å². The molecule has 8 aromatic carbocycles. The molecule has 3 aromatic heterocycles. The van der Waals surface area contributed by atoms with E-state index in [1.807, 2.05) is 22.7 Å². The molecule has 0 saturated carbocycles. The second-order valence-electron chi connectivity index (χ2n) is 12.9. The highest BCUT2D eigenvalue weighted by atomic mass is 32.1. The van der Waals surface area contributed by atoms with Crippen LogP contribution in [0.5, 0.6) is 0 Å². The summed E-state index contributed by atoms with van der Waals surface area (Å²) in [4.78, 5) is 2.44. The summed E-state index contributed by atoms with van der Waals surface area (Å²) in [5.74, 6) is 0. The highest BCUT2D eigenvalue weighted by Gasteiger charge is 2.22. The molecule has 11 rings (SSSR count). The van der Waals surface area contributed by atoms with Gasteiger partial charge in [0, 0.05) is 63.2 Å². The summed E-state index contributed by atoms with van der Waals surface area (Å²) >= 11 is 3.72. The Kier molecular flexibility index (Phi) is 6.03. The predicted molar refractivity (Wildman–Crippen MR) is 217 cm³/mol. The van der Waals surface area contributed by atoms with Crippen molar-refractivity contribution in [2.24, 2.45) is 0 Å². The molecule has 0 radical (unpaired) electrons. The first-order chi connectivity index (χ1) is 24.8. The quantitative estimate of drug-likeness (QED) is 0.185.